The molecule has 0 unspecified atom stereocenters. The first-order chi connectivity index (χ1) is 16.7. The van der Waals surface area contributed by atoms with Crippen molar-refractivity contribution in [3.05, 3.63) is 33.9 Å². The number of methoxy groups -OCH3 is 3. The Balaban J connectivity index is 1.66. The summed E-state index contributed by atoms with van der Waals surface area (Å²) in [7, 11) is 3.85. The Morgan fingerprint density at radius 1 is 0.800 bits per heavy atom. The van der Waals surface area contributed by atoms with Crippen LogP contribution in [0.4, 0.5) is 0 Å². The maximum Gasteiger partial charge on any atom is 0.339 e. The Morgan fingerprint density at radius 3 is 2.17 bits per heavy atom. The van der Waals surface area contributed by atoms with Gasteiger partial charge in [0.15, 0.2) is 0 Å². The molecule has 0 amide bonds. The monoisotopic (exact) mass is 482 g/mol. The summed E-state index contributed by atoms with van der Waals surface area (Å²) in [5, 5.41) is 0. The minimum Gasteiger partial charge on any atom is -0.465 e. The number of carbonyl (C=O) groups excluding carboxylic acids is 3. The highest BCUT2D eigenvalue weighted by atomic mass is 16.5. The van der Waals surface area contributed by atoms with Gasteiger partial charge in [-0.15, -0.1) is 0 Å². The molecule has 0 spiro atoms. The third kappa shape index (κ3) is 3.38. The summed E-state index contributed by atoms with van der Waals surface area (Å²) < 4.78 is 15.2. The number of rotatable bonds is 3. The number of hydrogen-bond donors (Lipinski definition) is 0. The highest BCUT2D eigenvalue weighted by molar-refractivity contribution is 6.11. The van der Waals surface area contributed by atoms with Gasteiger partial charge in [0, 0.05) is 0 Å². The van der Waals surface area contributed by atoms with Gasteiger partial charge in [-0.1, -0.05) is 26.7 Å². The molecule has 0 bridgehead atoms. The lowest BCUT2D eigenvalue weighted by Gasteiger charge is -2.60. The van der Waals surface area contributed by atoms with Crippen molar-refractivity contribution in [2.45, 2.75) is 77.0 Å². The molecule has 0 saturated heterocycles. The quantitative estimate of drug-likeness (QED) is 0.419. The minimum absolute atomic E-state index is 0.0355. The molecule has 35 heavy (non-hydrogen) atoms. The van der Waals surface area contributed by atoms with E-state index in [2.05, 4.69) is 13.8 Å². The van der Waals surface area contributed by atoms with E-state index in [1.807, 2.05) is 6.07 Å². The molecule has 4 aliphatic carbocycles. The Hall–Kier alpha value is -2.37. The van der Waals surface area contributed by atoms with Gasteiger partial charge in [-0.05, 0) is 96.6 Å². The number of fused-ring (bicyclic) bond motifs is 7. The highest BCUT2D eigenvalue weighted by Crippen LogP contribution is 2.66. The zero-order chi connectivity index (χ0) is 25.1. The van der Waals surface area contributed by atoms with E-state index in [0.717, 1.165) is 29.9 Å². The molecule has 0 radical (unpaired) electrons. The predicted octanol–water partition coefficient (Wildman–Crippen LogP) is 5.49. The number of benzene rings is 1. The summed E-state index contributed by atoms with van der Waals surface area (Å²) >= 11 is 0. The van der Waals surface area contributed by atoms with Crippen molar-refractivity contribution in [3.63, 3.8) is 0 Å². The average molecular weight is 483 g/mol. The summed E-state index contributed by atoms with van der Waals surface area (Å²) in [6, 6.07) is 1.81. The zero-order valence-electron chi connectivity index (χ0n) is 21.7. The second kappa shape index (κ2) is 8.63. The van der Waals surface area contributed by atoms with E-state index in [1.165, 1.54) is 66.3 Å². The van der Waals surface area contributed by atoms with Gasteiger partial charge >= 0.3 is 17.9 Å². The summed E-state index contributed by atoms with van der Waals surface area (Å²) in [6.07, 6.45) is 10.8. The molecule has 5 rings (SSSR count). The molecule has 3 saturated carbocycles. The molecule has 6 heteroatoms. The Kier molecular flexibility index (Phi) is 6.00. The van der Waals surface area contributed by atoms with Crippen LogP contribution in [0.3, 0.4) is 0 Å². The average Bonchev–Trinajstić information content (AvgIpc) is 3.18. The smallest absolute Gasteiger partial charge is 0.339 e. The van der Waals surface area contributed by atoms with Gasteiger partial charge in [-0.2, -0.15) is 0 Å². The molecular weight excluding hydrogens is 444 g/mol. The van der Waals surface area contributed by atoms with Crippen LogP contribution < -0.4 is 0 Å². The largest absolute Gasteiger partial charge is 0.465 e. The van der Waals surface area contributed by atoms with Gasteiger partial charge in [0.05, 0.1) is 38.0 Å². The van der Waals surface area contributed by atoms with E-state index in [9.17, 15) is 14.4 Å². The van der Waals surface area contributed by atoms with E-state index >= 15 is 0 Å². The topological polar surface area (TPSA) is 78.9 Å². The van der Waals surface area contributed by atoms with Crippen molar-refractivity contribution < 1.29 is 28.6 Å². The van der Waals surface area contributed by atoms with Crippen molar-refractivity contribution >= 4 is 17.9 Å². The van der Waals surface area contributed by atoms with Crippen LogP contribution in [0.5, 0.6) is 0 Å². The summed E-state index contributed by atoms with van der Waals surface area (Å²) in [5.41, 5.74) is 2.34. The molecule has 6 nitrogen and oxygen atoms in total. The van der Waals surface area contributed by atoms with Crippen LogP contribution in [0, 0.1) is 29.1 Å². The van der Waals surface area contributed by atoms with E-state index < -0.39 is 17.9 Å². The Labute approximate surface area is 208 Å². The summed E-state index contributed by atoms with van der Waals surface area (Å²) in [5.74, 6) is 0.501. The van der Waals surface area contributed by atoms with Crippen LogP contribution >= 0.6 is 0 Å². The highest BCUT2D eigenvalue weighted by Gasteiger charge is 2.59. The Bertz CT molecular complexity index is 1080. The molecule has 0 N–H and O–H groups in total. The van der Waals surface area contributed by atoms with Crippen LogP contribution in [-0.4, -0.2) is 39.2 Å². The van der Waals surface area contributed by atoms with Crippen molar-refractivity contribution in [1.29, 1.82) is 0 Å². The first kappa shape index (κ1) is 24.3. The van der Waals surface area contributed by atoms with Crippen molar-refractivity contribution in [1.82, 2.24) is 0 Å². The number of esters is 3. The van der Waals surface area contributed by atoms with Gasteiger partial charge in [0.1, 0.15) is 0 Å². The fraction of sp³-hybridized carbons (Fsp3) is 0.690. The SMILES string of the molecule is COC(=O)c1cc2c(c(C(=O)OC)c1C(=O)OC)C[C@H]1[C@@H]3CC[C@H]4CCCC[C@]4(C)[C@H]3CC[C@]21C. The van der Waals surface area contributed by atoms with Gasteiger partial charge in [-0.3, -0.25) is 0 Å². The predicted molar refractivity (Wildman–Crippen MR) is 131 cm³/mol. The van der Waals surface area contributed by atoms with Gasteiger partial charge < -0.3 is 14.2 Å². The molecule has 0 heterocycles. The molecule has 0 aromatic heterocycles. The van der Waals surface area contributed by atoms with E-state index in [4.69, 9.17) is 14.2 Å². The van der Waals surface area contributed by atoms with Crippen molar-refractivity contribution in [2.75, 3.05) is 21.3 Å². The summed E-state index contributed by atoms with van der Waals surface area (Å²) in [6.45, 7) is 4.85. The lowest BCUT2D eigenvalue weighted by molar-refractivity contribution is -0.0903. The number of carbonyl (C=O) groups is 3. The van der Waals surface area contributed by atoms with Crippen LogP contribution in [0.15, 0.2) is 6.07 Å². The fourth-order valence-electron chi connectivity index (χ4n) is 8.90. The molecule has 6 atom stereocenters. The summed E-state index contributed by atoms with van der Waals surface area (Å²) in [4.78, 5) is 38.8. The van der Waals surface area contributed by atoms with Gasteiger partial charge in [-0.25, -0.2) is 14.4 Å². The van der Waals surface area contributed by atoms with E-state index in [-0.39, 0.29) is 22.1 Å². The number of hydrogen-bond acceptors (Lipinski definition) is 6. The van der Waals surface area contributed by atoms with Crippen molar-refractivity contribution in [2.24, 2.45) is 29.1 Å². The van der Waals surface area contributed by atoms with E-state index in [0.29, 0.717) is 23.2 Å². The van der Waals surface area contributed by atoms with Gasteiger partial charge in [0.25, 0.3) is 0 Å². The maximum atomic E-state index is 13.1. The standard InChI is InChI=1S/C29H38O6/c1-28-12-7-6-8-16(28)9-10-17-20(28)11-13-29(2)21(17)14-18-22(29)15-19(25(30)33-3)24(27(32)35-5)23(18)26(31)34-4/h15-17,20-21H,6-14H2,1-5H3/t16-,17-,20+,21+,28+,29+/m1/s1. The first-order valence-corrected chi connectivity index (χ1v) is 13.2. The maximum absolute atomic E-state index is 13.1. The van der Waals surface area contributed by atoms with Crippen LogP contribution in [0.25, 0.3) is 0 Å². The molecule has 1 aromatic rings. The molecular formula is C29H38O6. The molecule has 3 fully saturated rings. The third-order valence-electron chi connectivity index (χ3n) is 10.6. The zero-order valence-corrected chi connectivity index (χ0v) is 21.7. The normalized spacial score (nSPS) is 35.1. The first-order valence-electron chi connectivity index (χ1n) is 13.2. The van der Waals surface area contributed by atoms with E-state index in [1.54, 1.807) is 0 Å². The second-order valence-corrected chi connectivity index (χ2v) is 11.7. The molecule has 0 aliphatic heterocycles. The molecule has 4 aliphatic rings. The van der Waals surface area contributed by atoms with Crippen LogP contribution in [0.2, 0.25) is 0 Å². The molecule has 190 valence electrons. The second-order valence-electron chi connectivity index (χ2n) is 11.7. The Morgan fingerprint density at radius 2 is 1.49 bits per heavy atom. The van der Waals surface area contributed by atoms with Crippen molar-refractivity contribution in [3.8, 4) is 0 Å². The lowest BCUT2D eigenvalue weighted by atomic mass is 9.45. The molecule has 1 aromatic carbocycles. The van der Waals surface area contributed by atoms with Crippen LogP contribution in [0.1, 0.15) is 107 Å². The number of ether oxygens (including phenoxy) is 3. The third-order valence-corrected chi connectivity index (χ3v) is 10.6. The fourth-order valence-corrected chi connectivity index (χ4v) is 8.90. The minimum atomic E-state index is -0.721. The lowest BCUT2D eigenvalue weighted by Crippen LogP contribution is -2.53. The van der Waals surface area contributed by atoms with Crippen LogP contribution in [-0.2, 0) is 26.0 Å². The van der Waals surface area contributed by atoms with Gasteiger partial charge in [0.2, 0.25) is 0 Å².